The molecule has 1 aliphatic rings. The summed E-state index contributed by atoms with van der Waals surface area (Å²) in [6, 6.07) is 12.6. The first-order valence-electron chi connectivity index (χ1n) is 7.06. The van der Waals surface area contributed by atoms with E-state index in [2.05, 4.69) is 33.4 Å². The van der Waals surface area contributed by atoms with Crippen LogP contribution in [0.3, 0.4) is 0 Å². The highest BCUT2D eigenvalue weighted by atomic mass is 79.9. The number of aryl methyl sites for hydroxylation is 1. The molecular formula is C17H17BrClNO. The van der Waals surface area contributed by atoms with Gasteiger partial charge in [0.15, 0.2) is 0 Å². The number of anilines is 1. The smallest absolute Gasteiger partial charge is 0.119 e. The van der Waals surface area contributed by atoms with Crippen molar-refractivity contribution in [1.29, 1.82) is 0 Å². The number of benzene rings is 2. The van der Waals surface area contributed by atoms with E-state index in [1.54, 1.807) is 7.11 Å². The summed E-state index contributed by atoms with van der Waals surface area (Å²) in [6.07, 6.45) is 3.40. The van der Waals surface area contributed by atoms with E-state index in [9.17, 15) is 0 Å². The number of rotatable bonds is 3. The second-order valence-corrected chi connectivity index (χ2v) is 6.60. The van der Waals surface area contributed by atoms with Crippen LogP contribution < -0.4 is 10.1 Å². The highest BCUT2D eigenvalue weighted by Crippen LogP contribution is 2.36. The van der Waals surface area contributed by atoms with E-state index in [1.807, 2.05) is 24.3 Å². The molecular weight excluding hydrogens is 350 g/mol. The van der Waals surface area contributed by atoms with Gasteiger partial charge in [-0.25, -0.2) is 0 Å². The fourth-order valence-corrected chi connectivity index (χ4v) is 3.59. The van der Waals surface area contributed by atoms with Crippen LogP contribution in [0.4, 0.5) is 5.69 Å². The molecule has 0 spiro atoms. The first-order valence-corrected chi connectivity index (χ1v) is 8.23. The molecule has 2 aromatic carbocycles. The van der Waals surface area contributed by atoms with Gasteiger partial charge in [-0.05, 0) is 60.7 Å². The molecule has 0 saturated carbocycles. The van der Waals surface area contributed by atoms with Gasteiger partial charge < -0.3 is 10.1 Å². The van der Waals surface area contributed by atoms with Crippen molar-refractivity contribution >= 4 is 33.2 Å². The Morgan fingerprint density at radius 3 is 2.86 bits per heavy atom. The number of methoxy groups -OCH3 is 1. The van der Waals surface area contributed by atoms with Gasteiger partial charge in [0, 0.05) is 4.47 Å². The minimum Gasteiger partial charge on any atom is -0.497 e. The summed E-state index contributed by atoms with van der Waals surface area (Å²) >= 11 is 9.75. The van der Waals surface area contributed by atoms with Gasteiger partial charge in [-0.1, -0.05) is 33.6 Å². The molecule has 1 N–H and O–H groups in total. The predicted octanol–water partition coefficient (Wildman–Crippen LogP) is 5.60. The summed E-state index contributed by atoms with van der Waals surface area (Å²) < 4.78 is 6.31. The van der Waals surface area contributed by atoms with Gasteiger partial charge in [0.2, 0.25) is 0 Å². The summed E-state index contributed by atoms with van der Waals surface area (Å²) in [7, 11) is 1.71. The van der Waals surface area contributed by atoms with Crippen LogP contribution >= 0.6 is 27.5 Å². The maximum atomic E-state index is 6.31. The lowest BCUT2D eigenvalue weighted by molar-refractivity contribution is 0.413. The lowest BCUT2D eigenvalue weighted by Gasteiger charge is -2.28. The summed E-state index contributed by atoms with van der Waals surface area (Å²) in [5.74, 6) is 0.927. The lowest BCUT2D eigenvalue weighted by Crippen LogP contribution is -2.17. The quantitative estimate of drug-likeness (QED) is 0.763. The van der Waals surface area contributed by atoms with Crippen molar-refractivity contribution in [3.8, 4) is 5.75 Å². The van der Waals surface area contributed by atoms with Crippen LogP contribution in [0.25, 0.3) is 0 Å². The fraction of sp³-hybridized carbons (Fsp3) is 0.294. The van der Waals surface area contributed by atoms with Crippen LogP contribution in [-0.4, -0.2) is 7.11 Å². The SMILES string of the molecule is COc1ccc2c(c1)CCCC2Nc1ccc(Br)cc1Cl. The normalized spacial score (nSPS) is 17.2. The van der Waals surface area contributed by atoms with Gasteiger partial charge >= 0.3 is 0 Å². The molecule has 0 aliphatic heterocycles. The molecule has 21 heavy (non-hydrogen) atoms. The zero-order valence-corrected chi connectivity index (χ0v) is 14.2. The largest absolute Gasteiger partial charge is 0.497 e. The van der Waals surface area contributed by atoms with E-state index in [0.717, 1.165) is 33.8 Å². The van der Waals surface area contributed by atoms with Crippen LogP contribution in [0.5, 0.6) is 5.75 Å². The Hall–Kier alpha value is -1.19. The maximum absolute atomic E-state index is 6.31. The minimum absolute atomic E-state index is 0.304. The molecule has 0 amide bonds. The first kappa shape index (κ1) is 14.7. The zero-order valence-electron chi connectivity index (χ0n) is 11.8. The van der Waals surface area contributed by atoms with Crippen molar-refractivity contribution in [1.82, 2.24) is 0 Å². The number of fused-ring (bicyclic) bond motifs is 1. The monoisotopic (exact) mass is 365 g/mol. The van der Waals surface area contributed by atoms with Gasteiger partial charge in [-0.2, -0.15) is 0 Å². The van der Waals surface area contributed by atoms with Gasteiger partial charge in [0.1, 0.15) is 5.75 Å². The maximum Gasteiger partial charge on any atom is 0.119 e. The van der Waals surface area contributed by atoms with E-state index in [1.165, 1.54) is 17.5 Å². The molecule has 0 heterocycles. The van der Waals surface area contributed by atoms with Gasteiger partial charge in [0.05, 0.1) is 23.9 Å². The summed E-state index contributed by atoms with van der Waals surface area (Å²) in [5, 5.41) is 4.32. The number of hydrogen-bond acceptors (Lipinski definition) is 2. The van der Waals surface area contributed by atoms with Crippen molar-refractivity contribution in [2.75, 3.05) is 12.4 Å². The van der Waals surface area contributed by atoms with E-state index in [4.69, 9.17) is 16.3 Å². The molecule has 0 saturated heterocycles. The summed E-state index contributed by atoms with van der Waals surface area (Å²) in [6.45, 7) is 0. The molecule has 0 bridgehead atoms. The molecule has 2 aromatic rings. The second-order valence-electron chi connectivity index (χ2n) is 5.28. The Kier molecular flexibility index (Phi) is 4.41. The van der Waals surface area contributed by atoms with Crippen LogP contribution in [0, 0.1) is 0 Å². The third-order valence-corrected chi connectivity index (χ3v) is 4.73. The molecule has 0 fully saturated rings. The van der Waals surface area contributed by atoms with Gasteiger partial charge in [0.25, 0.3) is 0 Å². The van der Waals surface area contributed by atoms with E-state index >= 15 is 0 Å². The average Bonchev–Trinajstić information content (AvgIpc) is 2.49. The van der Waals surface area contributed by atoms with E-state index in [-0.39, 0.29) is 0 Å². The van der Waals surface area contributed by atoms with Crippen LogP contribution in [0.2, 0.25) is 5.02 Å². The molecule has 2 nitrogen and oxygen atoms in total. The number of hydrogen-bond donors (Lipinski definition) is 1. The standard InChI is InChI=1S/C17H17BrClNO/c1-21-13-6-7-14-11(9-13)3-2-4-16(14)20-17-8-5-12(18)10-15(17)19/h5-10,16,20H,2-4H2,1H3. The van der Waals surface area contributed by atoms with Gasteiger partial charge in [-0.15, -0.1) is 0 Å². The van der Waals surface area contributed by atoms with Crippen molar-refractivity contribution < 1.29 is 4.74 Å². The topological polar surface area (TPSA) is 21.3 Å². The number of halogens is 2. The molecule has 110 valence electrons. The number of nitrogens with one attached hydrogen (secondary N) is 1. The van der Waals surface area contributed by atoms with E-state index in [0.29, 0.717) is 6.04 Å². The van der Waals surface area contributed by atoms with Crippen LogP contribution in [0.15, 0.2) is 40.9 Å². The molecule has 1 unspecified atom stereocenters. The molecule has 0 radical (unpaired) electrons. The number of ether oxygens (including phenoxy) is 1. The fourth-order valence-electron chi connectivity index (χ4n) is 2.86. The van der Waals surface area contributed by atoms with Gasteiger partial charge in [-0.3, -0.25) is 0 Å². The summed E-state index contributed by atoms with van der Waals surface area (Å²) in [5.41, 5.74) is 3.70. The van der Waals surface area contributed by atoms with Crippen LogP contribution in [-0.2, 0) is 6.42 Å². The summed E-state index contributed by atoms with van der Waals surface area (Å²) in [4.78, 5) is 0. The molecule has 1 aliphatic carbocycles. The molecule has 1 atom stereocenters. The van der Waals surface area contributed by atoms with Crippen molar-refractivity contribution in [2.45, 2.75) is 25.3 Å². The Labute approximate surface area is 138 Å². The Morgan fingerprint density at radius 1 is 1.24 bits per heavy atom. The predicted molar refractivity (Wildman–Crippen MR) is 91.4 cm³/mol. The van der Waals surface area contributed by atoms with Crippen molar-refractivity contribution in [3.63, 3.8) is 0 Å². The molecule has 0 aromatic heterocycles. The lowest BCUT2D eigenvalue weighted by atomic mass is 9.87. The van der Waals surface area contributed by atoms with Crippen molar-refractivity contribution in [3.05, 3.63) is 57.0 Å². The average molecular weight is 367 g/mol. The second kappa shape index (κ2) is 6.29. The highest BCUT2D eigenvalue weighted by Gasteiger charge is 2.21. The minimum atomic E-state index is 0.304. The highest BCUT2D eigenvalue weighted by molar-refractivity contribution is 9.10. The molecule has 4 heteroatoms. The third kappa shape index (κ3) is 3.19. The van der Waals surface area contributed by atoms with Crippen molar-refractivity contribution in [2.24, 2.45) is 0 Å². The zero-order chi connectivity index (χ0) is 14.8. The third-order valence-electron chi connectivity index (χ3n) is 3.93. The first-order chi connectivity index (χ1) is 10.2. The Morgan fingerprint density at radius 2 is 2.10 bits per heavy atom. The Bertz CT molecular complexity index is 659. The van der Waals surface area contributed by atoms with Crippen LogP contribution in [0.1, 0.15) is 30.0 Å². The Balaban J connectivity index is 1.88. The molecule has 3 rings (SSSR count). The van der Waals surface area contributed by atoms with E-state index < -0.39 is 0 Å².